The van der Waals surface area contributed by atoms with Crippen molar-refractivity contribution in [3.8, 4) is 5.75 Å². The number of rotatable bonds is 4. The Bertz CT molecular complexity index is 734. The molecule has 2 N–H and O–H groups in total. The normalized spacial score (nSPS) is 26.1. The van der Waals surface area contributed by atoms with Gasteiger partial charge in [0.1, 0.15) is 11.8 Å². The second-order valence-corrected chi connectivity index (χ2v) is 6.48. The van der Waals surface area contributed by atoms with Crippen molar-refractivity contribution in [2.45, 2.75) is 31.0 Å². The van der Waals surface area contributed by atoms with Gasteiger partial charge in [-0.3, -0.25) is 4.79 Å². The number of nitrogens with zero attached hydrogens (tertiary/aromatic N) is 4. The summed E-state index contributed by atoms with van der Waals surface area (Å²) in [5.74, 6) is 0.967. The van der Waals surface area contributed by atoms with Gasteiger partial charge >= 0.3 is 0 Å². The summed E-state index contributed by atoms with van der Waals surface area (Å²) in [6.07, 6.45) is 5.13. The Hall–Kier alpha value is -2.45. The molecule has 0 bridgehead atoms. The van der Waals surface area contributed by atoms with Gasteiger partial charge in [-0.05, 0) is 18.9 Å². The van der Waals surface area contributed by atoms with Crippen LogP contribution in [0, 0.1) is 0 Å². The average Bonchev–Trinajstić information content (AvgIpc) is 3.41. The first-order chi connectivity index (χ1) is 12.3. The molecule has 1 aromatic carbocycles. The van der Waals surface area contributed by atoms with Crippen molar-refractivity contribution in [1.82, 2.24) is 30.7 Å². The molecular formula is C17H22N6O2. The third kappa shape index (κ3) is 3.10. The van der Waals surface area contributed by atoms with Gasteiger partial charge in [0.15, 0.2) is 0 Å². The van der Waals surface area contributed by atoms with Gasteiger partial charge in [0, 0.05) is 24.8 Å². The fourth-order valence-electron chi connectivity index (χ4n) is 3.67. The number of hydrogen-bond acceptors (Lipinski definition) is 6. The molecule has 3 atom stereocenters. The van der Waals surface area contributed by atoms with Crippen LogP contribution in [-0.2, 0) is 4.79 Å². The summed E-state index contributed by atoms with van der Waals surface area (Å²) in [5, 5.41) is 7.90. The van der Waals surface area contributed by atoms with Crippen LogP contribution in [0.3, 0.4) is 0 Å². The zero-order valence-electron chi connectivity index (χ0n) is 14.1. The first-order valence-electron chi connectivity index (χ1n) is 8.55. The monoisotopic (exact) mass is 342 g/mol. The number of likely N-dealkylation sites (tertiary alicyclic amines) is 1. The highest BCUT2D eigenvalue weighted by Crippen LogP contribution is 2.31. The quantitative estimate of drug-likeness (QED) is 0.850. The molecule has 0 radical (unpaired) electrons. The van der Waals surface area contributed by atoms with E-state index in [9.17, 15) is 4.79 Å². The third-order valence-electron chi connectivity index (χ3n) is 5.01. The standard InChI is InChI=1S/C17H22N6O2/c1-25-16-5-3-2-4-13(16)14-10-15(20-19-14)17(24)22-8-6-12(11-22)23-9-7-18-21-23/h2-5,7,9,12,14-15,19-20H,6,8,10-11H2,1H3. The molecule has 2 aliphatic heterocycles. The van der Waals surface area contributed by atoms with E-state index in [1.807, 2.05) is 40.0 Å². The molecule has 1 amide bonds. The van der Waals surface area contributed by atoms with Crippen LogP contribution in [-0.4, -0.2) is 52.0 Å². The molecule has 4 rings (SSSR count). The minimum Gasteiger partial charge on any atom is -0.496 e. The molecule has 3 unspecified atom stereocenters. The van der Waals surface area contributed by atoms with Gasteiger partial charge in [-0.1, -0.05) is 23.4 Å². The first kappa shape index (κ1) is 16.0. The van der Waals surface area contributed by atoms with E-state index in [0.717, 1.165) is 24.3 Å². The molecule has 132 valence electrons. The first-order valence-corrected chi connectivity index (χ1v) is 8.55. The van der Waals surface area contributed by atoms with E-state index in [1.165, 1.54) is 0 Å². The number of aromatic nitrogens is 3. The van der Waals surface area contributed by atoms with Gasteiger partial charge in [-0.25, -0.2) is 15.5 Å². The average molecular weight is 342 g/mol. The van der Waals surface area contributed by atoms with Crippen molar-refractivity contribution in [3.05, 3.63) is 42.2 Å². The number of para-hydroxylation sites is 1. The highest BCUT2D eigenvalue weighted by molar-refractivity contribution is 5.82. The molecule has 2 saturated heterocycles. The highest BCUT2D eigenvalue weighted by atomic mass is 16.5. The smallest absolute Gasteiger partial charge is 0.241 e. The summed E-state index contributed by atoms with van der Waals surface area (Å²) in [5.41, 5.74) is 7.45. The lowest BCUT2D eigenvalue weighted by atomic mass is 10.0. The van der Waals surface area contributed by atoms with Gasteiger partial charge in [-0.15, -0.1) is 5.10 Å². The van der Waals surface area contributed by atoms with E-state index in [-0.39, 0.29) is 24.0 Å². The van der Waals surface area contributed by atoms with Crippen molar-refractivity contribution in [1.29, 1.82) is 0 Å². The van der Waals surface area contributed by atoms with E-state index in [4.69, 9.17) is 4.74 Å². The number of hydrazine groups is 1. The predicted molar refractivity (Wildman–Crippen MR) is 90.7 cm³/mol. The molecule has 2 fully saturated rings. The second-order valence-electron chi connectivity index (χ2n) is 6.48. The SMILES string of the molecule is COc1ccccc1C1CC(C(=O)N2CCC(n3ccnn3)C2)NN1. The molecule has 1 aromatic heterocycles. The summed E-state index contributed by atoms with van der Waals surface area (Å²) in [4.78, 5) is 14.8. The van der Waals surface area contributed by atoms with E-state index in [0.29, 0.717) is 13.0 Å². The van der Waals surface area contributed by atoms with Crippen molar-refractivity contribution in [2.75, 3.05) is 20.2 Å². The number of methoxy groups -OCH3 is 1. The molecular weight excluding hydrogens is 320 g/mol. The van der Waals surface area contributed by atoms with Crippen LogP contribution in [0.25, 0.3) is 0 Å². The van der Waals surface area contributed by atoms with Gasteiger partial charge in [0.2, 0.25) is 5.91 Å². The second kappa shape index (κ2) is 6.81. The summed E-state index contributed by atoms with van der Waals surface area (Å²) in [6, 6.07) is 7.94. The Morgan fingerprint density at radius 2 is 2.20 bits per heavy atom. The maximum absolute atomic E-state index is 12.8. The van der Waals surface area contributed by atoms with Crippen LogP contribution < -0.4 is 15.6 Å². The van der Waals surface area contributed by atoms with Gasteiger partial charge in [0.05, 0.1) is 25.4 Å². The number of amides is 1. The maximum atomic E-state index is 12.8. The van der Waals surface area contributed by atoms with Gasteiger partial charge in [0.25, 0.3) is 0 Å². The lowest BCUT2D eigenvalue weighted by molar-refractivity contribution is -0.132. The number of ether oxygens (including phenoxy) is 1. The highest BCUT2D eigenvalue weighted by Gasteiger charge is 2.37. The van der Waals surface area contributed by atoms with Gasteiger partial charge < -0.3 is 9.64 Å². The molecule has 0 spiro atoms. The zero-order valence-corrected chi connectivity index (χ0v) is 14.1. The van der Waals surface area contributed by atoms with E-state index < -0.39 is 0 Å². The summed E-state index contributed by atoms with van der Waals surface area (Å²) >= 11 is 0. The van der Waals surface area contributed by atoms with Crippen LogP contribution in [0.4, 0.5) is 0 Å². The topological polar surface area (TPSA) is 84.3 Å². The Kier molecular flexibility index (Phi) is 4.37. The van der Waals surface area contributed by atoms with E-state index in [2.05, 4.69) is 21.2 Å². The van der Waals surface area contributed by atoms with Crippen molar-refractivity contribution >= 4 is 5.91 Å². The van der Waals surface area contributed by atoms with Crippen molar-refractivity contribution in [3.63, 3.8) is 0 Å². The predicted octanol–water partition coefficient (Wildman–Crippen LogP) is 0.668. The zero-order chi connectivity index (χ0) is 17.2. The number of carbonyl (C=O) groups excluding carboxylic acids is 1. The van der Waals surface area contributed by atoms with E-state index >= 15 is 0 Å². The molecule has 2 aromatic rings. The number of benzene rings is 1. The van der Waals surface area contributed by atoms with E-state index in [1.54, 1.807) is 13.3 Å². The fraction of sp³-hybridized carbons (Fsp3) is 0.471. The van der Waals surface area contributed by atoms with Crippen LogP contribution >= 0.6 is 0 Å². The van der Waals surface area contributed by atoms with Crippen molar-refractivity contribution < 1.29 is 9.53 Å². The molecule has 25 heavy (non-hydrogen) atoms. The Labute approximate surface area is 146 Å². The number of hydrogen-bond donors (Lipinski definition) is 2. The van der Waals surface area contributed by atoms with Gasteiger partial charge in [-0.2, -0.15) is 0 Å². The molecule has 0 aliphatic carbocycles. The van der Waals surface area contributed by atoms with Crippen LogP contribution in [0.2, 0.25) is 0 Å². The number of nitrogens with one attached hydrogen (secondary N) is 2. The van der Waals surface area contributed by atoms with Crippen molar-refractivity contribution in [2.24, 2.45) is 0 Å². The Balaban J connectivity index is 1.39. The molecule has 0 saturated carbocycles. The minimum absolute atomic E-state index is 0.0545. The largest absolute Gasteiger partial charge is 0.496 e. The molecule has 2 aliphatic rings. The van der Waals surface area contributed by atoms with Crippen LogP contribution in [0.5, 0.6) is 5.75 Å². The fourth-order valence-corrected chi connectivity index (χ4v) is 3.67. The van der Waals surface area contributed by atoms with Crippen LogP contribution in [0.1, 0.15) is 30.5 Å². The third-order valence-corrected chi connectivity index (χ3v) is 5.01. The molecule has 8 heteroatoms. The molecule has 3 heterocycles. The summed E-state index contributed by atoms with van der Waals surface area (Å²) in [6.45, 7) is 1.43. The summed E-state index contributed by atoms with van der Waals surface area (Å²) in [7, 11) is 1.67. The Morgan fingerprint density at radius 1 is 1.32 bits per heavy atom. The lowest BCUT2D eigenvalue weighted by Crippen LogP contribution is -2.44. The minimum atomic E-state index is -0.232. The summed E-state index contributed by atoms with van der Waals surface area (Å²) < 4.78 is 7.27. The lowest BCUT2D eigenvalue weighted by Gasteiger charge is -2.20. The van der Waals surface area contributed by atoms with Crippen LogP contribution in [0.15, 0.2) is 36.7 Å². The maximum Gasteiger partial charge on any atom is 0.241 e. The Morgan fingerprint density at radius 3 is 3.00 bits per heavy atom. The number of carbonyl (C=O) groups is 1. The molecule has 8 nitrogen and oxygen atoms in total.